The van der Waals surface area contributed by atoms with Crippen molar-refractivity contribution in [1.82, 2.24) is 25.0 Å². The molecule has 0 aromatic carbocycles. The molecule has 2 aromatic heterocycles. The Hall–Kier alpha value is -2.35. The molecule has 0 atom stereocenters. The van der Waals surface area contributed by atoms with Crippen molar-refractivity contribution in [1.29, 1.82) is 0 Å². The van der Waals surface area contributed by atoms with Crippen LogP contribution in [0.1, 0.15) is 46.7 Å². The summed E-state index contributed by atoms with van der Waals surface area (Å²) in [5.74, 6) is 2.00. The Bertz CT molecular complexity index is 735. The summed E-state index contributed by atoms with van der Waals surface area (Å²) < 4.78 is 10.9. The van der Waals surface area contributed by atoms with E-state index in [1.807, 2.05) is 6.92 Å². The molecule has 0 bridgehead atoms. The number of hydrogen-bond donors (Lipinski definition) is 0. The standard InChI is InChI=1S/C17H21N5O3/c1-11-6-19-14(7-18-11)17(23)22-8-13(9-22)16-20-15(21-25-16)4-5-24-10-12-2-3-12/h6-7,12-13H,2-5,8-10H2,1H3. The molecule has 132 valence electrons. The number of hydrogen-bond acceptors (Lipinski definition) is 7. The second-order valence-electron chi connectivity index (χ2n) is 6.77. The second kappa shape index (κ2) is 6.87. The summed E-state index contributed by atoms with van der Waals surface area (Å²) in [4.78, 5) is 26.7. The predicted molar refractivity (Wildman–Crippen MR) is 87.0 cm³/mol. The molecular formula is C17H21N5O3. The van der Waals surface area contributed by atoms with E-state index in [4.69, 9.17) is 9.26 Å². The van der Waals surface area contributed by atoms with Crippen LogP contribution in [0.3, 0.4) is 0 Å². The fourth-order valence-corrected chi connectivity index (χ4v) is 2.70. The van der Waals surface area contributed by atoms with Gasteiger partial charge in [-0.05, 0) is 25.7 Å². The monoisotopic (exact) mass is 343 g/mol. The van der Waals surface area contributed by atoms with E-state index in [-0.39, 0.29) is 11.8 Å². The van der Waals surface area contributed by atoms with E-state index in [1.54, 1.807) is 11.1 Å². The minimum atomic E-state index is -0.114. The molecule has 1 saturated heterocycles. The SMILES string of the molecule is Cc1cnc(C(=O)N2CC(c3nc(CCOCC4CC4)no3)C2)cn1. The summed E-state index contributed by atoms with van der Waals surface area (Å²) >= 11 is 0. The van der Waals surface area contributed by atoms with Gasteiger partial charge in [-0.2, -0.15) is 4.98 Å². The Labute approximate surface area is 145 Å². The summed E-state index contributed by atoms with van der Waals surface area (Å²) in [6.45, 7) is 4.43. The first-order valence-corrected chi connectivity index (χ1v) is 8.67. The third kappa shape index (κ3) is 3.84. The van der Waals surface area contributed by atoms with Gasteiger partial charge in [-0.15, -0.1) is 0 Å². The molecule has 25 heavy (non-hydrogen) atoms. The number of likely N-dealkylation sites (tertiary alicyclic amines) is 1. The molecule has 1 saturated carbocycles. The van der Waals surface area contributed by atoms with Crippen LogP contribution in [-0.2, 0) is 11.2 Å². The second-order valence-corrected chi connectivity index (χ2v) is 6.77. The molecule has 1 aliphatic carbocycles. The van der Waals surface area contributed by atoms with E-state index in [0.717, 1.165) is 18.2 Å². The molecule has 8 nitrogen and oxygen atoms in total. The van der Waals surface area contributed by atoms with Gasteiger partial charge in [0.25, 0.3) is 5.91 Å². The third-order valence-electron chi connectivity index (χ3n) is 4.52. The molecule has 0 unspecified atom stereocenters. The number of carbonyl (C=O) groups is 1. The number of rotatable bonds is 7. The quantitative estimate of drug-likeness (QED) is 0.701. The number of ether oxygens (including phenoxy) is 1. The topological polar surface area (TPSA) is 94.2 Å². The molecule has 0 spiro atoms. The minimum absolute atomic E-state index is 0.0935. The van der Waals surface area contributed by atoms with Crippen molar-refractivity contribution in [3.8, 4) is 0 Å². The largest absolute Gasteiger partial charge is 0.381 e. The highest BCUT2D eigenvalue weighted by molar-refractivity contribution is 5.92. The van der Waals surface area contributed by atoms with Crippen LogP contribution in [-0.4, -0.2) is 57.2 Å². The number of aryl methyl sites for hydroxylation is 1. The minimum Gasteiger partial charge on any atom is -0.381 e. The molecule has 0 radical (unpaired) electrons. The Kier molecular flexibility index (Phi) is 4.44. The van der Waals surface area contributed by atoms with Crippen molar-refractivity contribution in [3.05, 3.63) is 35.5 Å². The van der Waals surface area contributed by atoms with Gasteiger partial charge in [-0.3, -0.25) is 9.78 Å². The van der Waals surface area contributed by atoms with Crippen molar-refractivity contribution >= 4 is 5.91 Å². The van der Waals surface area contributed by atoms with E-state index in [9.17, 15) is 4.79 Å². The van der Waals surface area contributed by atoms with Crippen molar-refractivity contribution < 1.29 is 14.1 Å². The molecule has 3 heterocycles. The van der Waals surface area contributed by atoms with Crippen LogP contribution in [0, 0.1) is 12.8 Å². The highest BCUT2D eigenvalue weighted by Crippen LogP contribution is 2.29. The number of nitrogens with zero attached hydrogens (tertiary/aromatic N) is 5. The van der Waals surface area contributed by atoms with Crippen LogP contribution in [0.5, 0.6) is 0 Å². The number of aromatic nitrogens is 4. The van der Waals surface area contributed by atoms with Gasteiger partial charge in [0.2, 0.25) is 5.89 Å². The molecule has 1 aliphatic heterocycles. The Balaban J connectivity index is 1.24. The first kappa shape index (κ1) is 16.1. The predicted octanol–water partition coefficient (Wildman–Crippen LogP) is 1.38. The summed E-state index contributed by atoms with van der Waals surface area (Å²) in [6.07, 6.45) is 6.34. The highest BCUT2D eigenvalue weighted by atomic mass is 16.5. The van der Waals surface area contributed by atoms with Crippen molar-refractivity contribution in [3.63, 3.8) is 0 Å². The first-order chi connectivity index (χ1) is 12.2. The summed E-state index contributed by atoms with van der Waals surface area (Å²) in [5, 5.41) is 4.00. The van der Waals surface area contributed by atoms with Gasteiger partial charge < -0.3 is 14.2 Å². The molecule has 2 fully saturated rings. The molecule has 2 aromatic rings. The van der Waals surface area contributed by atoms with E-state index in [0.29, 0.717) is 43.5 Å². The number of amides is 1. The molecule has 8 heteroatoms. The fraction of sp³-hybridized carbons (Fsp3) is 0.588. The lowest BCUT2D eigenvalue weighted by molar-refractivity contribution is 0.0562. The molecular weight excluding hydrogens is 322 g/mol. The van der Waals surface area contributed by atoms with Gasteiger partial charge >= 0.3 is 0 Å². The van der Waals surface area contributed by atoms with Crippen LogP contribution < -0.4 is 0 Å². The smallest absolute Gasteiger partial charge is 0.274 e. The maximum Gasteiger partial charge on any atom is 0.274 e. The van der Waals surface area contributed by atoms with Gasteiger partial charge in [0.15, 0.2) is 5.82 Å². The summed E-state index contributed by atoms with van der Waals surface area (Å²) in [5.41, 5.74) is 1.15. The van der Waals surface area contributed by atoms with Gasteiger partial charge in [-0.1, -0.05) is 5.16 Å². The van der Waals surface area contributed by atoms with Crippen LogP contribution in [0.25, 0.3) is 0 Å². The fourth-order valence-electron chi connectivity index (χ4n) is 2.70. The Morgan fingerprint density at radius 1 is 1.32 bits per heavy atom. The summed E-state index contributed by atoms with van der Waals surface area (Å²) in [7, 11) is 0. The van der Waals surface area contributed by atoms with Crippen LogP contribution in [0.4, 0.5) is 0 Å². The maximum absolute atomic E-state index is 12.3. The molecule has 2 aliphatic rings. The van der Waals surface area contributed by atoms with Gasteiger partial charge in [0.05, 0.1) is 24.4 Å². The molecule has 4 rings (SSSR count). The Morgan fingerprint density at radius 2 is 2.16 bits per heavy atom. The van der Waals surface area contributed by atoms with E-state index in [2.05, 4.69) is 20.1 Å². The van der Waals surface area contributed by atoms with Gasteiger partial charge in [0, 0.05) is 32.3 Å². The zero-order valence-corrected chi connectivity index (χ0v) is 14.2. The van der Waals surface area contributed by atoms with Gasteiger partial charge in [0.1, 0.15) is 5.69 Å². The van der Waals surface area contributed by atoms with Crippen LogP contribution in [0.15, 0.2) is 16.9 Å². The van der Waals surface area contributed by atoms with E-state index in [1.165, 1.54) is 19.0 Å². The zero-order valence-electron chi connectivity index (χ0n) is 14.2. The molecule has 0 N–H and O–H groups in total. The highest BCUT2D eigenvalue weighted by Gasteiger charge is 2.36. The van der Waals surface area contributed by atoms with E-state index < -0.39 is 0 Å². The van der Waals surface area contributed by atoms with Gasteiger partial charge in [-0.25, -0.2) is 4.98 Å². The normalized spacial score (nSPS) is 17.6. The zero-order chi connectivity index (χ0) is 17.2. The molecule has 1 amide bonds. The average molecular weight is 343 g/mol. The van der Waals surface area contributed by atoms with E-state index >= 15 is 0 Å². The average Bonchev–Trinajstić information content (AvgIpc) is 3.29. The lowest BCUT2D eigenvalue weighted by Crippen LogP contribution is -2.48. The summed E-state index contributed by atoms with van der Waals surface area (Å²) in [6, 6.07) is 0. The maximum atomic E-state index is 12.3. The number of carbonyl (C=O) groups excluding carboxylic acids is 1. The van der Waals surface area contributed by atoms with Crippen LogP contribution in [0.2, 0.25) is 0 Å². The Morgan fingerprint density at radius 3 is 2.88 bits per heavy atom. The van der Waals surface area contributed by atoms with Crippen molar-refractivity contribution in [2.24, 2.45) is 5.92 Å². The van der Waals surface area contributed by atoms with Crippen molar-refractivity contribution in [2.45, 2.75) is 32.1 Å². The lowest BCUT2D eigenvalue weighted by Gasteiger charge is -2.36. The lowest BCUT2D eigenvalue weighted by atomic mass is 10.00. The van der Waals surface area contributed by atoms with Crippen molar-refractivity contribution in [2.75, 3.05) is 26.3 Å². The third-order valence-corrected chi connectivity index (χ3v) is 4.52. The van der Waals surface area contributed by atoms with Crippen LogP contribution >= 0.6 is 0 Å². The first-order valence-electron chi connectivity index (χ1n) is 8.67.